The van der Waals surface area contributed by atoms with E-state index in [0.29, 0.717) is 4.83 Å². The fourth-order valence-corrected chi connectivity index (χ4v) is 4.11. The van der Waals surface area contributed by atoms with Gasteiger partial charge in [-0.1, -0.05) is 39.7 Å². The molecule has 0 heterocycles. The number of rotatable bonds is 3. The summed E-state index contributed by atoms with van der Waals surface area (Å²) in [5.41, 5.74) is 9.79. The summed E-state index contributed by atoms with van der Waals surface area (Å²) in [6, 6.07) is 8.13. The van der Waals surface area contributed by atoms with Crippen molar-refractivity contribution in [3.05, 3.63) is 68.2 Å². The highest BCUT2D eigenvalue weighted by molar-refractivity contribution is 9.09. The summed E-state index contributed by atoms with van der Waals surface area (Å²) in [4.78, 5) is 0.330. The first-order valence-electron chi connectivity index (χ1n) is 7.28. The predicted octanol–water partition coefficient (Wildman–Crippen LogP) is 6.56. The summed E-state index contributed by atoms with van der Waals surface area (Å²) in [7, 11) is 0. The molecule has 2 aromatic carbocycles. The van der Waals surface area contributed by atoms with Crippen molar-refractivity contribution in [2.75, 3.05) is 0 Å². The van der Waals surface area contributed by atoms with Crippen LogP contribution < -0.4 is 0 Å². The lowest BCUT2D eigenvalue weighted by Crippen LogP contribution is -2.06. The fraction of sp³-hybridized carbons (Fsp3) is 0.368. The SMILES string of the molecule is Cc1c(C)c(C)c(C(Br)Cc2ccc(Cl)cc2)c(C)c1C. The average Bonchev–Trinajstić information content (AvgIpc) is 2.46. The molecule has 1 atom stereocenters. The van der Waals surface area contributed by atoms with Crippen molar-refractivity contribution < 1.29 is 0 Å². The molecule has 0 amide bonds. The van der Waals surface area contributed by atoms with Crippen LogP contribution in [-0.4, -0.2) is 0 Å². The molecule has 0 spiro atoms. The quantitative estimate of drug-likeness (QED) is 0.540. The van der Waals surface area contributed by atoms with Crippen molar-refractivity contribution in [1.29, 1.82) is 0 Å². The predicted molar refractivity (Wildman–Crippen MR) is 97.0 cm³/mol. The number of benzene rings is 2. The maximum absolute atomic E-state index is 5.96. The Labute approximate surface area is 141 Å². The van der Waals surface area contributed by atoms with Crippen molar-refractivity contribution in [2.45, 2.75) is 45.9 Å². The zero-order valence-corrected chi connectivity index (χ0v) is 15.7. The minimum Gasteiger partial charge on any atom is -0.0843 e. The normalized spacial score (nSPS) is 12.5. The van der Waals surface area contributed by atoms with Gasteiger partial charge in [-0.25, -0.2) is 0 Å². The van der Waals surface area contributed by atoms with Crippen LogP contribution in [0.4, 0.5) is 0 Å². The van der Waals surface area contributed by atoms with E-state index in [0.717, 1.165) is 11.4 Å². The van der Waals surface area contributed by atoms with Gasteiger partial charge in [0.15, 0.2) is 0 Å². The van der Waals surface area contributed by atoms with Crippen LogP contribution in [0.5, 0.6) is 0 Å². The van der Waals surface area contributed by atoms with Crippen LogP contribution in [0.15, 0.2) is 24.3 Å². The maximum Gasteiger partial charge on any atom is 0.0441 e. The number of halogens is 2. The van der Waals surface area contributed by atoms with E-state index >= 15 is 0 Å². The molecule has 0 bridgehead atoms. The highest BCUT2D eigenvalue weighted by Crippen LogP contribution is 2.36. The van der Waals surface area contributed by atoms with E-state index in [9.17, 15) is 0 Å². The van der Waals surface area contributed by atoms with E-state index < -0.39 is 0 Å². The second-order valence-corrected chi connectivity index (χ2v) is 7.38. The Balaban J connectivity index is 2.39. The van der Waals surface area contributed by atoms with Crippen LogP contribution >= 0.6 is 27.5 Å². The lowest BCUT2D eigenvalue weighted by Gasteiger charge is -2.22. The zero-order chi connectivity index (χ0) is 15.7. The van der Waals surface area contributed by atoms with Crippen LogP contribution in [0, 0.1) is 34.6 Å². The minimum atomic E-state index is 0.330. The molecule has 2 aromatic rings. The Morgan fingerprint density at radius 2 is 1.24 bits per heavy atom. The molecular weight excluding hydrogens is 344 g/mol. The Morgan fingerprint density at radius 3 is 1.71 bits per heavy atom. The third kappa shape index (κ3) is 3.35. The van der Waals surface area contributed by atoms with Crippen molar-refractivity contribution in [2.24, 2.45) is 0 Å². The lowest BCUT2D eigenvalue weighted by molar-refractivity contribution is 0.915. The van der Waals surface area contributed by atoms with Crippen LogP contribution in [0.1, 0.15) is 43.8 Å². The van der Waals surface area contributed by atoms with Gasteiger partial charge in [-0.15, -0.1) is 0 Å². The molecule has 0 aliphatic heterocycles. The van der Waals surface area contributed by atoms with E-state index in [4.69, 9.17) is 11.6 Å². The van der Waals surface area contributed by atoms with E-state index in [1.165, 1.54) is 38.9 Å². The van der Waals surface area contributed by atoms with E-state index in [2.05, 4.69) is 62.7 Å². The first kappa shape index (κ1) is 16.6. The van der Waals surface area contributed by atoms with Gasteiger partial charge in [-0.05, 0) is 92.1 Å². The average molecular weight is 366 g/mol. The molecule has 0 saturated carbocycles. The molecule has 0 aliphatic rings. The van der Waals surface area contributed by atoms with Gasteiger partial charge >= 0.3 is 0 Å². The van der Waals surface area contributed by atoms with Crippen LogP contribution in [0.25, 0.3) is 0 Å². The summed E-state index contributed by atoms with van der Waals surface area (Å²) in [5.74, 6) is 0. The zero-order valence-electron chi connectivity index (χ0n) is 13.3. The summed E-state index contributed by atoms with van der Waals surface area (Å²) in [6.45, 7) is 11.1. The second-order valence-electron chi connectivity index (χ2n) is 5.84. The summed E-state index contributed by atoms with van der Waals surface area (Å²) >= 11 is 9.87. The van der Waals surface area contributed by atoms with Gasteiger partial charge in [-0.2, -0.15) is 0 Å². The monoisotopic (exact) mass is 364 g/mol. The Hall–Kier alpha value is -0.790. The molecule has 0 N–H and O–H groups in total. The Bertz CT molecular complexity index is 627. The summed E-state index contributed by atoms with van der Waals surface area (Å²) in [6.07, 6.45) is 0.973. The highest BCUT2D eigenvalue weighted by atomic mass is 79.9. The largest absolute Gasteiger partial charge is 0.0843 e. The van der Waals surface area contributed by atoms with Gasteiger partial charge < -0.3 is 0 Å². The van der Waals surface area contributed by atoms with Gasteiger partial charge in [0, 0.05) is 9.85 Å². The van der Waals surface area contributed by atoms with Crippen molar-refractivity contribution in [3.63, 3.8) is 0 Å². The highest BCUT2D eigenvalue weighted by Gasteiger charge is 2.18. The number of alkyl halides is 1. The molecule has 0 nitrogen and oxygen atoms in total. The third-order valence-corrected chi connectivity index (χ3v) is 5.73. The van der Waals surface area contributed by atoms with Crippen molar-refractivity contribution in [3.8, 4) is 0 Å². The number of hydrogen-bond acceptors (Lipinski definition) is 0. The molecule has 2 rings (SSSR count). The fourth-order valence-electron chi connectivity index (χ4n) is 2.93. The standard InChI is InChI=1S/C19H22BrCl/c1-11-12(2)14(4)19(15(5)13(11)3)18(20)10-16-6-8-17(21)9-7-16/h6-9,18H,10H2,1-5H3. The van der Waals surface area contributed by atoms with Crippen LogP contribution in [0.3, 0.4) is 0 Å². The molecule has 0 saturated heterocycles. The van der Waals surface area contributed by atoms with Gasteiger partial charge in [0.05, 0.1) is 0 Å². The molecular formula is C19H22BrCl. The van der Waals surface area contributed by atoms with E-state index in [1.807, 2.05) is 12.1 Å². The Morgan fingerprint density at radius 1 is 0.810 bits per heavy atom. The molecule has 112 valence electrons. The van der Waals surface area contributed by atoms with Gasteiger partial charge in [-0.3, -0.25) is 0 Å². The molecule has 0 radical (unpaired) electrons. The van der Waals surface area contributed by atoms with Gasteiger partial charge in [0.1, 0.15) is 0 Å². The molecule has 0 aliphatic carbocycles. The molecule has 0 fully saturated rings. The smallest absolute Gasteiger partial charge is 0.0441 e. The molecule has 2 heteroatoms. The second kappa shape index (κ2) is 6.54. The first-order valence-corrected chi connectivity index (χ1v) is 8.57. The van der Waals surface area contributed by atoms with Gasteiger partial charge in [0.2, 0.25) is 0 Å². The molecule has 1 unspecified atom stereocenters. The first-order chi connectivity index (χ1) is 9.82. The topological polar surface area (TPSA) is 0 Å². The van der Waals surface area contributed by atoms with Crippen molar-refractivity contribution in [1.82, 2.24) is 0 Å². The minimum absolute atomic E-state index is 0.330. The van der Waals surface area contributed by atoms with Crippen LogP contribution in [-0.2, 0) is 6.42 Å². The van der Waals surface area contributed by atoms with Gasteiger partial charge in [0.25, 0.3) is 0 Å². The third-order valence-electron chi connectivity index (χ3n) is 4.70. The molecule has 21 heavy (non-hydrogen) atoms. The summed E-state index contributed by atoms with van der Waals surface area (Å²) in [5, 5.41) is 0.791. The maximum atomic E-state index is 5.96. The lowest BCUT2D eigenvalue weighted by atomic mass is 9.87. The van der Waals surface area contributed by atoms with E-state index in [-0.39, 0.29) is 0 Å². The number of hydrogen-bond donors (Lipinski definition) is 0. The molecule has 0 aromatic heterocycles. The Kier molecular flexibility index (Phi) is 5.16. The van der Waals surface area contributed by atoms with E-state index in [1.54, 1.807) is 0 Å². The summed E-state index contributed by atoms with van der Waals surface area (Å²) < 4.78 is 0. The van der Waals surface area contributed by atoms with Crippen molar-refractivity contribution >= 4 is 27.5 Å². The van der Waals surface area contributed by atoms with Crippen LogP contribution in [0.2, 0.25) is 5.02 Å².